The number of nitrogens with one attached hydrogen (secondary N) is 1. The van der Waals surface area contributed by atoms with Gasteiger partial charge < -0.3 is 15.8 Å². The Balaban J connectivity index is 2.09. The van der Waals surface area contributed by atoms with Crippen LogP contribution in [0.4, 0.5) is 18.9 Å². The molecule has 2 atom stereocenters. The third kappa shape index (κ3) is 3.24. The molecule has 0 bridgehead atoms. The van der Waals surface area contributed by atoms with Crippen molar-refractivity contribution in [2.45, 2.75) is 12.2 Å². The van der Waals surface area contributed by atoms with Crippen molar-refractivity contribution in [3.05, 3.63) is 29.8 Å². The second kappa shape index (κ2) is 5.18. The third-order valence-electron chi connectivity index (χ3n) is 2.92. The average Bonchev–Trinajstić information content (AvgIpc) is 2.75. The molecule has 0 aliphatic carbocycles. The number of carbonyl (C=O) groups is 1. The Labute approximate surface area is 107 Å². The first kappa shape index (κ1) is 13.8. The Morgan fingerprint density at radius 2 is 2.11 bits per heavy atom. The minimum atomic E-state index is -4.44. The number of benzene rings is 1. The Morgan fingerprint density at radius 3 is 2.68 bits per heavy atom. The van der Waals surface area contributed by atoms with E-state index in [0.717, 1.165) is 12.1 Å². The van der Waals surface area contributed by atoms with E-state index in [-0.39, 0.29) is 18.9 Å². The number of halogens is 3. The molecule has 0 radical (unpaired) electrons. The summed E-state index contributed by atoms with van der Waals surface area (Å²) in [6, 6.07) is 4.04. The van der Waals surface area contributed by atoms with Gasteiger partial charge in [-0.05, 0) is 18.2 Å². The second-order valence-corrected chi connectivity index (χ2v) is 4.38. The van der Waals surface area contributed by atoms with E-state index >= 15 is 0 Å². The number of amides is 1. The van der Waals surface area contributed by atoms with Crippen LogP contribution in [0.2, 0.25) is 0 Å². The van der Waals surface area contributed by atoms with Crippen LogP contribution < -0.4 is 11.1 Å². The first-order valence-electron chi connectivity index (χ1n) is 5.69. The lowest BCUT2D eigenvalue weighted by atomic mass is 10.0. The maximum atomic E-state index is 12.5. The van der Waals surface area contributed by atoms with Crippen LogP contribution in [0, 0.1) is 5.92 Å². The zero-order valence-corrected chi connectivity index (χ0v) is 9.91. The summed E-state index contributed by atoms with van der Waals surface area (Å²) in [7, 11) is 0. The molecule has 1 aliphatic rings. The quantitative estimate of drug-likeness (QED) is 0.861. The molecular weight excluding hydrogens is 261 g/mol. The lowest BCUT2D eigenvalue weighted by Crippen LogP contribution is -2.37. The van der Waals surface area contributed by atoms with Crippen LogP contribution in [0.1, 0.15) is 5.56 Å². The molecule has 3 N–H and O–H groups in total. The maximum Gasteiger partial charge on any atom is 0.416 e. The summed E-state index contributed by atoms with van der Waals surface area (Å²) in [5, 5.41) is 2.43. The van der Waals surface area contributed by atoms with Gasteiger partial charge in [0, 0.05) is 11.7 Å². The molecule has 19 heavy (non-hydrogen) atoms. The Kier molecular flexibility index (Phi) is 3.77. The second-order valence-electron chi connectivity index (χ2n) is 4.38. The molecule has 0 saturated carbocycles. The summed E-state index contributed by atoms with van der Waals surface area (Å²) < 4.78 is 42.6. The monoisotopic (exact) mass is 274 g/mol. The molecule has 2 rings (SSSR count). The predicted molar refractivity (Wildman–Crippen MR) is 62.4 cm³/mol. The third-order valence-corrected chi connectivity index (χ3v) is 2.92. The molecule has 1 fully saturated rings. The lowest BCUT2D eigenvalue weighted by molar-refractivity contribution is -0.137. The highest BCUT2D eigenvalue weighted by atomic mass is 19.4. The molecule has 1 heterocycles. The molecule has 1 saturated heterocycles. The van der Waals surface area contributed by atoms with Crippen LogP contribution in [0.5, 0.6) is 0 Å². The molecule has 1 amide bonds. The Bertz CT molecular complexity index is 476. The first-order valence-corrected chi connectivity index (χ1v) is 5.69. The van der Waals surface area contributed by atoms with Crippen molar-refractivity contribution < 1.29 is 22.7 Å². The Hall–Kier alpha value is -1.60. The van der Waals surface area contributed by atoms with Gasteiger partial charge in [0.1, 0.15) is 0 Å². The van der Waals surface area contributed by atoms with Crippen molar-refractivity contribution in [2.75, 3.05) is 18.5 Å². The topological polar surface area (TPSA) is 64.3 Å². The number of anilines is 1. The van der Waals surface area contributed by atoms with Gasteiger partial charge in [-0.2, -0.15) is 13.2 Å². The minimum Gasteiger partial charge on any atom is -0.379 e. The fourth-order valence-corrected chi connectivity index (χ4v) is 1.85. The zero-order valence-electron chi connectivity index (χ0n) is 9.91. The van der Waals surface area contributed by atoms with E-state index in [2.05, 4.69) is 5.32 Å². The summed E-state index contributed by atoms with van der Waals surface area (Å²) in [4.78, 5) is 11.8. The van der Waals surface area contributed by atoms with Crippen LogP contribution in [0.25, 0.3) is 0 Å². The van der Waals surface area contributed by atoms with Crippen LogP contribution in [0.15, 0.2) is 24.3 Å². The standard InChI is InChI=1S/C12H13F3N2O2/c13-12(14,15)7-2-1-3-8(4-7)17-11(18)9-5-19-6-10(9)16/h1-4,9-10H,5-6,16H2,(H,17,18). The summed E-state index contributed by atoms with van der Waals surface area (Å²) in [6.45, 7) is 0.465. The minimum absolute atomic E-state index is 0.0962. The Morgan fingerprint density at radius 1 is 1.37 bits per heavy atom. The predicted octanol–water partition coefficient (Wildman–Crippen LogP) is 1.62. The highest BCUT2D eigenvalue weighted by molar-refractivity contribution is 5.93. The molecule has 0 aromatic heterocycles. The molecular formula is C12H13F3N2O2. The molecule has 0 spiro atoms. The van der Waals surface area contributed by atoms with E-state index in [1.54, 1.807) is 0 Å². The zero-order chi connectivity index (χ0) is 14.0. The van der Waals surface area contributed by atoms with Gasteiger partial charge in [-0.15, -0.1) is 0 Å². The van der Waals surface area contributed by atoms with Crippen molar-refractivity contribution in [3.63, 3.8) is 0 Å². The molecule has 1 aliphatic heterocycles. The van der Waals surface area contributed by atoms with Crippen molar-refractivity contribution in [1.82, 2.24) is 0 Å². The molecule has 1 aromatic rings. The number of rotatable bonds is 2. The van der Waals surface area contributed by atoms with Crippen molar-refractivity contribution in [1.29, 1.82) is 0 Å². The number of hydrogen-bond acceptors (Lipinski definition) is 3. The molecule has 2 unspecified atom stereocenters. The number of carbonyl (C=O) groups excluding carboxylic acids is 1. The van der Waals surface area contributed by atoms with Gasteiger partial charge in [0.05, 0.1) is 24.7 Å². The van der Waals surface area contributed by atoms with E-state index in [0.29, 0.717) is 0 Å². The summed E-state index contributed by atoms with van der Waals surface area (Å²) in [6.07, 6.45) is -4.44. The van der Waals surface area contributed by atoms with Crippen molar-refractivity contribution in [3.8, 4) is 0 Å². The van der Waals surface area contributed by atoms with Gasteiger partial charge in [0.15, 0.2) is 0 Å². The van der Waals surface area contributed by atoms with Crippen molar-refractivity contribution in [2.24, 2.45) is 11.7 Å². The molecule has 104 valence electrons. The highest BCUT2D eigenvalue weighted by Crippen LogP contribution is 2.30. The van der Waals surface area contributed by atoms with Gasteiger partial charge in [-0.25, -0.2) is 0 Å². The van der Waals surface area contributed by atoms with E-state index in [4.69, 9.17) is 10.5 Å². The van der Waals surface area contributed by atoms with E-state index in [1.807, 2.05) is 0 Å². The van der Waals surface area contributed by atoms with Crippen LogP contribution in [0.3, 0.4) is 0 Å². The first-order chi connectivity index (χ1) is 8.88. The summed E-state index contributed by atoms with van der Waals surface area (Å²) >= 11 is 0. The smallest absolute Gasteiger partial charge is 0.379 e. The van der Waals surface area contributed by atoms with Gasteiger partial charge in [0.25, 0.3) is 0 Å². The fraction of sp³-hybridized carbons (Fsp3) is 0.417. The largest absolute Gasteiger partial charge is 0.416 e. The number of alkyl halides is 3. The maximum absolute atomic E-state index is 12.5. The fourth-order valence-electron chi connectivity index (χ4n) is 1.85. The summed E-state index contributed by atoms with van der Waals surface area (Å²) in [5.41, 5.74) is 4.96. The number of nitrogens with two attached hydrogens (primary N) is 1. The molecule has 1 aromatic carbocycles. The highest BCUT2D eigenvalue weighted by Gasteiger charge is 2.33. The van der Waals surface area contributed by atoms with E-state index < -0.39 is 29.6 Å². The van der Waals surface area contributed by atoms with Gasteiger partial charge in [0.2, 0.25) is 5.91 Å². The lowest BCUT2D eigenvalue weighted by Gasteiger charge is -2.14. The van der Waals surface area contributed by atoms with E-state index in [9.17, 15) is 18.0 Å². The van der Waals surface area contributed by atoms with E-state index in [1.165, 1.54) is 12.1 Å². The average molecular weight is 274 g/mol. The molecule has 4 nitrogen and oxygen atoms in total. The number of ether oxygens (including phenoxy) is 1. The SMILES string of the molecule is NC1COCC1C(=O)Nc1cccc(C(F)(F)F)c1. The van der Waals surface area contributed by atoms with Crippen molar-refractivity contribution >= 4 is 11.6 Å². The van der Waals surface area contributed by atoms with Crippen LogP contribution in [-0.4, -0.2) is 25.2 Å². The summed E-state index contributed by atoms with van der Waals surface area (Å²) in [5.74, 6) is -0.959. The number of hydrogen-bond donors (Lipinski definition) is 2. The van der Waals surface area contributed by atoms with Gasteiger partial charge in [-0.3, -0.25) is 4.79 Å². The van der Waals surface area contributed by atoms with Crippen LogP contribution >= 0.6 is 0 Å². The van der Waals surface area contributed by atoms with Gasteiger partial charge in [-0.1, -0.05) is 6.07 Å². The normalized spacial score (nSPS) is 23.4. The van der Waals surface area contributed by atoms with Gasteiger partial charge >= 0.3 is 6.18 Å². The molecule has 7 heteroatoms. The van der Waals surface area contributed by atoms with Crippen LogP contribution in [-0.2, 0) is 15.7 Å².